The van der Waals surface area contributed by atoms with Crippen LogP contribution in [0.2, 0.25) is 0 Å². The quantitative estimate of drug-likeness (QED) is 0.705. The van der Waals surface area contributed by atoms with Crippen molar-refractivity contribution >= 4 is 0 Å². The molecule has 0 saturated carbocycles. The molecule has 1 atom stereocenters. The predicted molar refractivity (Wildman–Crippen MR) is 70.5 cm³/mol. The minimum Gasteiger partial charge on any atom is -0.496 e. The normalized spacial score (nSPS) is 12.4. The van der Waals surface area contributed by atoms with Gasteiger partial charge < -0.3 is 14.8 Å². The molecule has 0 aromatic heterocycles. The van der Waals surface area contributed by atoms with Crippen LogP contribution in [0, 0.1) is 0 Å². The van der Waals surface area contributed by atoms with Crippen molar-refractivity contribution in [3.63, 3.8) is 0 Å². The van der Waals surface area contributed by atoms with Gasteiger partial charge in [-0.15, -0.1) is 0 Å². The molecule has 1 rings (SSSR count). The standard InChI is InChI=1S/C14H23NO2/c1-4-10-17-11-9-13(15-2)12-7-5-6-8-14(12)16-3/h5-8,13,15H,4,9-11H2,1-3H3. The molecule has 0 spiro atoms. The zero-order chi connectivity index (χ0) is 12.5. The van der Waals surface area contributed by atoms with Gasteiger partial charge >= 0.3 is 0 Å². The average molecular weight is 237 g/mol. The van der Waals surface area contributed by atoms with Gasteiger partial charge in [0.2, 0.25) is 0 Å². The van der Waals surface area contributed by atoms with Crippen molar-refractivity contribution in [2.75, 3.05) is 27.4 Å². The second kappa shape index (κ2) is 8.09. The molecule has 1 aromatic carbocycles. The summed E-state index contributed by atoms with van der Waals surface area (Å²) >= 11 is 0. The SMILES string of the molecule is CCCOCCC(NC)c1ccccc1OC. The van der Waals surface area contributed by atoms with Gasteiger partial charge in [-0.25, -0.2) is 0 Å². The van der Waals surface area contributed by atoms with Crippen LogP contribution in [0.5, 0.6) is 5.75 Å². The second-order valence-corrected chi connectivity index (χ2v) is 3.98. The highest BCUT2D eigenvalue weighted by Gasteiger charge is 2.13. The van der Waals surface area contributed by atoms with Crippen LogP contribution in [0.15, 0.2) is 24.3 Å². The van der Waals surface area contributed by atoms with Gasteiger partial charge in [0.15, 0.2) is 0 Å². The van der Waals surface area contributed by atoms with E-state index < -0.39 is 0 Å². The lowest BCUT2D eigenvalue weighted by molar-refractivity contribution is 0.125. The summed E-state index contributed by atoms with van der Waals surface area (Å²) in [6, 6.07) is 8.40. The molecule has 0 aliphatic rings. The lowest BCUT2D eigenvalue weighted by atomic mass is 10.0. The lowest BCUT2D eigenvalue weighted by Gasteiger charge is -2.19. The van der Waals surface area contributed by atoms with E-state index in [2.05, 4.69) is 18.3 Å². The Morgan fingerprint density at radius 1 is 1.24 bits per heavy atom. The highest BCUT2D eigenvalue weighted by molar-refractivity contribution is 5.35. The van der Waals surface area contributed by atoms with Crippen molar-refractivity contribution in [2.24, 2.45) is 0 Å². The first-order valence-electron chi connectivity index (χ1n) is 6.21. The van der Waals surface area contributed by atoms with E-state index in [1.807, 2.05) is 25.2 Å². The molecule has 0 radical (unpaired) electrons. The smallest absolute Gasteiger partial charge is 0.123 e. The maximum atomic E-state index is 5.53. The summed E-state index contributed by atoms with van der Waals surface area (Å²) in [5, 5.41) is 3.31. The number of hydrogen-bond donors (Lipinski definition) is 1. The molecule has 0 aliphatic heterocycles. The van der Waals surface area contributed by atoms with E-state index in [-0.39, 0.29) is 6.04 Å². The fraction of sp³-hybridized carbons (Fsp3) is 0.571. The Morgan fingerprint density at radius 2 is 2.00 bits per heavy atom. The van der Waals surface area contributed by atoms with Gasteiger partial charge in [0.25, 0.3) is 0 Å². The highest BCUT2D eigenvalue weighted by atomic mass is 16.5. The van der Waals surface area contributed by atoms with Gasteiger partial charge in [-0.1, -0.05) is 25.1 Å². The Balaban J connectivity index is 2.59. The molecular weight excluding hydrogens is 214 g/mol. The minimum atomic E-state index is 0.281. The molecule has 0 bridgehead atoms. The molecule has 0 saturated heterocycles. The molecule has 96 valence electrons. The van der Waals surface area contributed by atoms with Crippen molar-refractivity contribution in [3.05, 3.63) is 29.8 Å². The average Bonchev–Trinajstić information content (AvgIpc) is 2.39. The van der Waals surface area contributed by atoms with Crippen molar-refractivity contribution in [1.82, 2.24) is 5.32 Å². The fourth-order valence-electron chi connectivity index (χ4n) is 1.86. The van der Waals surface area contributed by atoms with Gasteiger partial charge in [0.05, 0.1) is 7.11 Å². The van der Waals surface area contributed by atoms with Crippen LogP contribution in [0.3, 0.4) is 0 Å². The molecule has 0 heterocycles. The summed E-state index contributed by atoms with van der Waals surface area (Å²) in [6.45, 7) is 3.73. The van der Waals surface area contributed by atoms with E-state index in [0.717, 1.165) is 31.8 Å². The minimum absolute atomic E-state index is 0.281. The number of benzene rings is 1. The number of hydrogen-bond acceptors (Lipinski definition) is 3. The predicted octanol–water partition coefficient (Wildman–Crippen LogP) is 2.77. The lowest BCUT2D eigenvalue weighted by Crippen LogP contribution is -2.19. The van der Waals surface area contributed by atoms with Crippen LogP contribution in [0.25, 0.3) is 0 Å². The van der Waals surface area contributed by atoms with Crippen molar-refractivity contribution < 1.29 is 9.47 Å². The van der Waals surface area contributed by atoms with Crippen molar-refractivity contribution in [2.45, 2.75) is 25.8 Å². The zero-order valence-electron chi connectivity index (χ0n) is 11.0. The first-order chi connectivity index (χ1) is 8.33. The first kappa shape index (κ1) is 14.0. The van der Waals surface area contributed by atoms with Crippen molar-refractivity contribution in [1.29, 1.82) is 0 Å². The third-order valence-corrected chi connectivity index (χ3v) is 2.76. The fourth-order valence-corrected chi connectivity index (χ4v) is 1.86. The second-order valence-electron chi connectivity index (χ2n) is 3.98. The summed E-state index contributed by atoms with van der Waals surface area (Å²) in [7, 11) is 3.68. The van der Waals surface area contributed by atoms with Gasteiger partial charge in [0, 0.05) is 24.8 Å². The molecular formula is C14H23NO2. The number of rotatable bonds is 8. The monoisotopic (exact) mass is 237 g/mol. The number of ether oxygens (including phenoxy) is 2. The van der Waals surface area contributed by atoms with Crippen LogP contribution in [0.1, 0.15) is 31.4 Å². The molecule has 17 heavy (non-hydrogen) atoms. The Bertz CT molecular complexity index is 315. The summed E-state index contributed by atoms with van der Waals surface area (Å²) in [5.74, 6) is 0.933. The van der Waals surface area contributed by atoms with Crippen LogP contribution in [-0.4, -0.2) is 27.4 Å². The van der Waals surface area contributed by atoms with E-state index in [9.17, 15) is 0 Å². The largest absolute Gasteiger partial charge is 0.496 e. The van der Waals surface area contributed by atoms with Gasteiger partial charge in [-0.2, -0.15) is 0 Å². The van der Waals surface area contributed by atoms with Gasteiger partial charge in [0.1, 0.15) is 5.75 Å². The Hall–Kier alpha value is -1.06. The van der Waals surface area contributed by atoms with E-state index >= 15 is 0 Å². The molecule has 0 aliphatic carbocycles. The van der Waals surface area contributed by atoms with Crippen molar-refractivity contribution in [3.8, 4) is 5.75 Å². The molecule has 1 N–H and O–H groups in total. The first-order valence-corrected chi connectivity index (χ1v) is 6.21. The third kappa shape index (κ3) is 4.36. The van der Waals surface area contributed by atoms with Gasteiger partial charge in [-0.05, 0) is 26.0 Å². The molecule has 1 aromatic rings. The Labute approximate surface area is 104 Å². The van der Waals surface area contributed by atoms with E-state index in [1.165, 1.54) is 5.56 Å². The summed E-state index contributed by atoms with van der Waals surface area (Å²) in [4.78, 5) is 0. The van der Waals surface area contributed by atoms with Crippen LogP contribution in [0.4, 0.5) is 0 Å². The van der Waals surface area contributed by atoms with E-state index in [1.54, 1.807) is 7.11 Å². The molecule has 3 nitrogen and oxygen atoms in total. The van der Waals surface area contributed by atoms with Crippen LogP contribution in [-0.2, 0) is 4.74 Å². The molecule has 0 fully saturated rings. The van der Waals surface area contributed by atoms with Crippen LogP contribution >= 0.6 is 0 Å². The third-order valence-electron chi connectivity index (χ3n) is 2.76. The number of methoxy groups -OCH3 is 1. The molecule has 3 heteroatoms. The molecule has 0 amide bonds. The maximum absolute atomic E-state index is 5.53. The number of para-hydroxylation sites is 1. The number of nitrogens with one attached hydrogen (secondary N) is 1. The molecule has 1 unspecified atom stereocenters. The summed E-state index contributed by atoms with van der Waals surface area (Å²) in [5.41, 5.74) is 1.19. The summed E-state index contributed by atoms with van der Waals surface area (Å²) in [6.07, 6.45) is 2.02. The topological polar surface area (TPSA) is 30.5 Å². The maximum Gasteiger partial charge on any atom is 0.123 e. The van der Waals surface area contributed by atoms with Gasteiger partial charge in [-0.3, -0.25) is 0 Å². The highest BCUT2D eigenvalue weighted by Crippen LogP contribution is 2.26. The zero-order valence-corrected chi connectivity index (χ0v) is 11.0. The van der Waals surface area contributed by atoms with E-state index in [4.69, 9.17) is 9.47 Å². The van der Waals surface area contributed by atoms with Crippen LogP contribution < -0.4 is 10.1 Å². The summed E-state index contributed by atoms with van der Waals surface area (Å²) < 4.78 is 10.9. The Morgan fingerprint density at radius 3 is 2.65 bits per heavy atom. The Kier molecular flexibility index (Phi) is 6.67. The van der Waals surface area contributed by atoms with E-state index in [0.29, 0.717) is 0 Å².